The van der Waals surface area contributed by atoms with Crippen molar-refractivity contribution in [3.63, 3.8) is 0 Å². The van der Waals surface area contributed by atoms with E-state index in [9.17, 15) is 13.2 Å². The number of carbonyl (C=O) groups is 1. The van der Waals surface area contributed by atoms with Crippen LogP contribution in [0.3, 0.4) is 0 Å². The van der Waals surface area contributed by atoms with E-state index in [1.54, 1.807) is 24.4 Å². The fourth-order valence-electron chi connectivity index (χ4n) is 1.66. The number of benzene rings is 1. The van der Waals surface area contributed by atoms with Crippen molar-refractivity contribution in [1.82, 2.24) is 0 Å². The van der Waals surface area contributed by atoms with Crippen LogP contribution in [0.5, 0.6) is 5.06 Å². The van der Waals surface area contributed by atoms with Crippen molar-refractivity contribution in [2.45, 2.75) is 18.7 Å². The summed E-state index contributed by atoms with van der Waals surface area (Å²) in [5.74, 6) is -0.517. The Balaban J connectivity index is 2.36. The molecule has 0 aliphatic heterocycles. The van der Waals surface area contributed by atoms with Crippen LogP contribution in [0.1, 0.15) is 12.5 Å². The first-order valence-corrected chi connectivity index (χ1v) is 8.59. The Morgan fingerprint density at radius 3 is 2.71 bits per heavy atom. The lowest BCUT2D eigenvalue weighted by Crippen LogP contribution is -2.15. The first-order valence-electron chi connectivity index (χ1n) is 5.85. The molecule has 2 aromatic rings. The molecule has 0 bridgehead atoms. The molecule has 0 aliphatic carbocycles. The number of carbonyl (C=O) groups excluding carboxylic acids is 1. The molecule has 1 aromatic heterocycles. The standard InChI is InChI=1S/C13H12ClNO4S2/c1-8-10(14)4-3-5-12(8)21(17,18)15-11-6-7-20-13(11)19-9(2)16/h3-7,15H,1-2H3. The van der Waals surface area contributed by atoms with Gasteiger partial charge >= 0.3 is 5.97 Å². The normalized spacial score (nSPS) is 11.2. The van der Waals surface area contributed by atoms with E-state index in [-0.39, 0.29) is 15.6 Å². The van der Waals surface area contributed by atoms with Crippen LogP contribution >= 0.6 is 22.9 Å². The lowest BCUT2D eigenvalue weighted by atomic mass is 10.2. The second-order valence-corrected chi connectivity index (χ2v) is 7.12. The van der Waals surface area contributed by atoms with Crippen molar-refractivity contribution in [2.75, 3.05) is 4.72 Å². The summed E-state index contributed by atoms with van der Waals surface area (Å²) in [5.41, 5.74) is 0.672. The maximum atomic E-state index is 12.4. The van der Waals surface area contributed by atoms with Crippen LogP contribution in [0.15, 0.2) is 34.5 Å². The average Bonchev–Trinajstić information content (AvgIpc) is 2.78. The molecule has 8 heteroatoms. The summed E-state index contributed by atoms with van der Waals surface area (Å²) >= 11 is 7.07. The Labute approximate surface area is 131 Å². The van der Waals surface area contributed by atoms with Crippen LogP contribution in [0.2, 0.25) is 5.02 Å². The number of esters is 1. The van der Waals surface area contributed by atoms with E-state index in [0.29, 0.717) is 10.6 Å². The lowest BCUT2D eigenvalue weighted by Gasteiger charge is -2.11. The Kier molecular flexibility index (Phi) is 4.55. The van der Waals surface area contributed by atoms with Crippen molar-refractivity contribution in [3.8, 4) is 5.06 Å². The minimum absolute atomic E-state index is 0.0787. The molecule has 0 radical (unpaired) electrons. The molecule has 1 heterocycles. The van der Waals surface area contributed by atoms with Gasteiger partial charge in [-0.1, -0.05) is 17.7 Å². The highest BCUT2D eigenvalue weighted by atomic mass is 35.5. The summed E-state index contributed by atoms with van der Waals surface area (Å²) in [4.78, 5) is 11.1. The van der Waals surface area contributed by atoms with E-state index < -0.39 is 16.0 Å². The Morgan fingerprint density at radius 1 is 1.33 bits per heavy atom. The van der Waals surface area contributed by atoms with Crippen LogP contribution in [0.4, 0.5) is 5.69 Å². The molecule has 1 N–H and O–H groups in total. The van der Waals surface area contributed by atoms with Crippen LogP contribution < -0.4 is 9.46 Å². The number of ether oxygens (including phenoxy) is 1. The zero-order valence-corrected chi connectivity index (χ0v) is 13.6. The number of rotatable bonds is 4. The molecular weight excluding hydrogens is 334 g/mol. The number of anilines is 1. The molecule has 0 fully saturated rings. The van der Waals surface area contributed by atoms with E-state index in [1.165, 1.54) is 19.1 Å². The fraction of sp³-hybridized carbons (Fsp3) is 0.154. The van der Waals surface area contributed by atoms with Crippen molar-refractivity contribution in [3.05, 3.63) is 40.2 Å². The highest BCUT2D eigenvalue weighted by Crippen LogP contribution is 2.34. The van der Waals surface area contributed by atoms with Gasteiger partial charge in [-0.3, -0.25) is 9.52 Å². The quantitative estimate of drug-likeness (QED) is 0.861. The minimum atomic E-state index is -3.81. The van der Waals surface area contributed by atoms with Gasteiger partial charge in [0.25, 0.3) is 10.0 Å². The van der Waals surface area contributed by atoms with Gasteiger partial charge < -0.3 is 4.74 Å². The molecule has 0 spiro atoms. The summed E-state index contributed by atoms with van der Waals surface area (Å²) in [5, 5.41) is 2.19. The number of thiophene rings is 1. The first-order chi connectivity index (χ1) is 9.81. The smallest absolute Gasteiger partial charge is 0.308 e. The van der Waals surface area contributed by atoms with Crippen LogP contribution in [-0.2, 0) is 14.8 Å². The van der Waals surface area contributed by atoms with E-state index in [2.05, 4.69) is 4.72 Å². The third-order valence-electron chi connectivity index (χ3n) is 2.62. The van der Waals surface area contributed by atoms with Crippen molar-refractivity contribution in [1.29, 1.82) is 0 Å². The highest BCUT2D eigenvalue weighted by Gasteiger charge is 2.21. The predicted molar refractivity (Wildman–Crippen MR) is 82.6 cm³/mol. The third-order valence-corrected chi connectivity index (χ3v) is 5.33. The summed E-state index contributed by atoms with van der Waals surface area (Å²) in [6, 6.07) is 6.16. The van der Waals surface area contributed by atoms with Crippen LogP contribution in [-0.4, -0.2) is 14.4 Å². The molecule has 0 atom stereocenters. The SMILES string of the molecule is CC(=O)Oc1sccc1NS(=O)(=O)c1cccc(Cl)c1C. The van der Waals surface area contributed by atoms with Gasteiger partial charge in [-0.2, -0.15) is 0 Å². The van der Waals surface area contributed by atoms with Gasteiger partial charge in [0.15, 0.2) is 0 Å². The van der Waals surface area contributed by atoms with Gasteiger partial charge in [0.05, 0.1) is 4.90 Å². The van der Waals surface area contributed by atoms with Gasteiger partial charge in [0.2, 0.25) is 5.06 Å². The molecule has 0 unspecified atom stereocenters. The Hall–Kier alpha value is -1.57. The molecule has 21 heavy (non-hydrogen) atoms. The summed E-state index contributed by atoms with van der Waals surface area (Å²) < 4.78 is 32.2. The van der Waals surface area contributed by atoms with Gasteiger partial charge in [-0.15, -0.1) is 11.3 Å². The number of sulfonamides is 1. The Bertz CT molecular complexity index is 783. The number of halogens is 1. The average molecular weight is 346 g/mol. The van der Waals surface area contributed by atoms with Crippen molar-refractivity contribution in [2.24, 2.45) is 0 Å². The summed E-state index contributed by atoms with van der Waals surface area (Å²) in [6.45, 7) is 2.87. The molecule has 2 rings (SSSR count). The van der Waals surface area contributed by atoms with E-state index in [0.717, 1.165) is 11.3 Å². The molecule has 1 aromatic carbocycles. The zero-order chi connectivity index (χ0) is 15.6. The second kappa shape index (κ2) is 6.05. The van der Waals surface area contributed by atoms with Crippen molar-refractivity contribution >= 4 is 44.6 Å². The maximum absolute atomic E-state index is 12.4. The van der Waals surface area contributed by atoms with Gasteiger partial charge in [-0.25, -0.2) is 8.42 Å². The topological polar surface area (TPSA) is 72.5 Å². The zero-order valence-electron chi connectivity index (χ0n) is 11.2. The lowest BCUT2D eigenvalue weighted by molar-refractivity contribution is -0.131. The summed E-state index contributed by atoms with van der Waals surface area (Å²) in [6.07, 6.45) is 0. The van der Waals surface area contributed by atoms with E-state index in [4.69, 9.17) is 16.3 Å². The second-order valence-electron chi connectivity index (χ2n) is 4.18. The monoisotopic (exact) mass is 345 g/mol. The molecule has 0 amide bonds. The largest absolute Gasteiger partial charge is 0.413 e. The molecule has 5 nitrogen and oxygen atoms in total. The number of nitrogens with one attached hydrogen (secondary N) is 1. The van der Waals surface area contributed by atoms with E-state index in [1.807, 2.05) is 0 Å². The first kappa shape index (κ1) is 15.8. The van der Waals surface area contributed by atoms with Crippen molar-refractivity contribution < 1.29 is 17.9 Å². The molecule has 0 saturated heterocycles. The Morgan fingerprint density at radius 2 is 2.05 bits per heavy atom. The fourth-order valence-corrected chi connectivity index (χ4v) is 4.02. The summed E-state index contributed by atoms with van der Waals surface area (Å²) in [7, 11) is -3.81. The minimum Gasteiger partial charge on any atom is -0.413 e. The number of hydrogen-bond donors (Lipinski definition) is 1. The molecular formula is C13H12ClNO4S2. The van der Waals surface area contributed by atoms with Gasteiger partial charge in [0, 0.05) is 11.9 Å². The van der Waals surface area contributed by atoms with Gasteiger partial charge in [-0.05, 0) is 36.1 Å². The third kappa shape index (κ3) is 3.55. The van der Waals surface area contributed by atoms with Crippen LogP contribution in [0.25, 0.3) is 0 Å². The van der Waals surface area contributed by atoms with Gasteiger partial charge in [0.1, 0.15) is 5.69 Å². The predicted octanol–water partition coefficient (Wildman–Crippen LogP) is 3.44. The molecule has 0 aliphatic rings. The number of hydrogen-bond acceptors (Lipinski definition) is 5. The maximum Gasteiger partial charge on any atom is 0.308 e. The molecule has 0 saturated carbocycles. The molecule has 112 valence electrons. The highest BCUT2D eigenvalue weighted by molar-refractivity contribution is 7.92. The van der Waals surface area contributed by atoms with E-state index >= 15 is 0 Å². The van der Waals surface area contributed by atoms with Crippen LogP contribution in [0, 0.1) is 6.92 Å².